The van der Waals surface area contributed by atoms with E-state index in [1.165, 1.54) is 23.9 Å². The lowest BCUT2D eigenvalue weighted by atomic mass is 10.1. The number of nitrogens with one attached hydrogen (secondary N) is 1. The third-order valence-electron chi connectivity index (χ3n) is 2.62. The molecule has 0 bridgehead atoms. The Bertz CT molecular complexity index is 404. The zero-order chi connectivity index (χ0) is 13.7. The number of carbonyl (C=O) groups excluding carboxylic acids is 1. The van der Waals surface area contributed by atoms with E-state index in [4.69, 9.17) is 5.11 Å². The van der Waals surface area contributed by atoms with Crippen LogP contribution < -0.4 is 5.32 Å². The van der Waals surface area contributed by atoms with Crippen molar-refractivity contribution in [3.05, 3.63) is 29.6 Å². The molecule has 0 heterocycles. The first kappa shape index (κ1) is 14.8. The van der Waals surface area contributed by atoms with Crippen LogP contribution in [0, 0.1) is 5.82 Å². The van der Waals surface area contributed by atoms with Crippen molar-refractivity contribution < 1.29 is 19.4 Å². The normalized spacial score (nSPS) is 14.0. The molecule has 4 nitrogen and oxygen atoms in total. The molecule has 0 aliphatic carbocycles. The minimum absolute atomic E-state index is 0.0914. The van der Waals surface area contributed by atoms with Crippen LogP contribution in [-0.4, -0.2) is 40.3 Å². The predicted molar refractivity (Wildman–Crippen MR) is 69.4 cm³/mol. The number of amides is 1. The molecular weight excluding hydrogens is 257 g/mol. The van der Waals surface area contributed by atoms with Gasteiger partial charge in [-0.25, -0.2) is 4.39 Å². The number of carbonyl (C=O) groups is 1. The molecule has 1 rings (SSSR count). The number of aliphatic hydroxyl groups is 1. The van der Waals surface area contributed by atoms with E-state index in [-0.39, 0.29) is 23.5 Å². The average molecular weight is 273 g/mol. The minimum atomic E-state index is -0.774. The van der Waals surface area contributed by atoms with Crippen LogP contribution in [0.5, 0.6) is 5.75 Å². The molecule has 0 spiro atoms. The quantitative estimate of drug-likeness (QED) is 0.758. The maximum absolute atomic E-state index is 13.4. The van der Waals surface area contributed by atoms with Crippen LogP contribution >= 0.6 is 11.8 Å². The van der Waals surface area contributed by atoms with Gasteiger partial charge < -0.3 is 15.5 Å². The van der Waals surface area contributed by atoms with Crippen molar-refractivity contribution in [2.24, 2.45) is 0 Å². The average Bonchev–Trinajstić information content (AvgIpc) is 2.30. The summed E-state index contributed by atoms with van der Waals surface area (Å²) in [5, 5.41) is 20.9. The van der Waals surface area contributed by atoms with Crippen LogP contribution in [-0.2, 0) is 0 Å². The van der Waals surface area contributed by atoms with Gasteiger partial charge in [-0.15, -0.1) is 0 Å². The van der Waals surface area contributed by atoms with Crippen LogP contribution in [0.2, 0.25) is 0 Å². The Labute approximate surface area is 109 Å². The topological polar surface area (TPSA) is 69.6 Å². The van der Waals surface area contributed by atoms with Gasteiger partial charge in [0.1, 0.15) is 17.1 Å². The summed E-state index contributed by atoms with van der Waals surface area (Å²) < 4.78 is 13.4. The Kier molecular flexibility index (Phi) is 5.43. The lowest BCUT2D eigenvalue weighted by Crippen LogP contribution is -2.41. The van der Waals surface area contributed by atoms with Crippen LogP contribution in [0.1, 0.15) is 17.3 Å². The van der Waals surface area contributed by atoms with Crippen LogP contribution in [0.15, 0.2) is 18.2 Å². The molecule has 0 aliphatic rings. The number of phenols is 1. The van der Waals surface area contributed by atoms with E-state index < -0.39 is 17.5 Å². The first-order valence-electron chi connectivity index (χ1n) is 5.43. The summed E-state index contributed by atoms with van der Waals surface area (Å²) in [4.78, 5) is 11.8. The van der Waals surface area contributed by atoms with E-state index in [0.29, 0.717) is 0 Å². The number of hydrogen-bond acceptors (Lipinski definition) is 4. The van der Waals surface area contributed by atoms with Gasteiger partial charge in [0.25, 0.3) is 5.91 Å². The fraction of sp³-hybridized carbons (Fsp3) is 0.417. The van der Waals surface area contributed by atoms with E-state index in [2.05, 4.69) is 5.32 Å². The summed E-state index contributed by atoms with van der Waals surface area (Å²) in [6, 6.07) is 3.35. The highest BCUT2D eigenvalue weighted by atomic mass is 32.2. The molecule has 1 aromatic rings. The molecule has 3 N–H and O–H groups in total. The van der Waals surface area contributed by atoms with E-state index >= 15 is 0 Å². The summed E-state index contributed by atoms with van der Waals surface area (Å²) in [6.45, 7) is 1.62. The second kappa shape index (κ2) is 6.61. The number of phenolic OH excluding ortho intramolecular Hbond substituents is 1. The first-order chi connectivity index (χ1) is 8.51. The van der Waals surface area contributed by atoms with Gasteiger partial charge in [-0.2, -0.15) is 11.8 Å². The van der Waals surface area contributed by atoms with Gasteiger partial charge in [-0.05, 0) is 25.3 Å². The Morgan fingerprint density at radius 3 is 2.72 bits per heavy atom. The number of thioether (sulfide) groups is 1. The maximum atomic E-state index is 13.4. The van der Waals surface area contributed by atoms with Gasteiger partial charge in [-0.3, -0.25) is 4.79 Å². The first-order valence-corrected chi connectivity index (χ1v) is 6.72. The van der Waals surface area contributed by atoms with E-state index in [1.54, 1.807) is 6.92 Å². The molecule has 18 heavy (non-hydrogen) atoms. The smallest absolute Gasteiger partial charge is 0.258 e. The Balaban J connectivity index is 2.83. The molecule has 2 atom stereocenters. The second-order valence-corrected chi connectivity index (χ2v) is 4.93. The van der Waals surface area contributed by atoms with Crippen molar-refractivity contribution in [3.63, 3.8) is 0 Å². The number of benzene rings is 1. The lowest BCUT2D eigenvalue weighted by Gasteiger charge is -2.21. The zero-order valence-electron chi connectivity index (χ0n) is 10.2. The Hall–Kier alpha value is -1.27. The van der Waals surface area contributed by atoms with Crippen LogP contribution in [0.4, 0.5) is 4.39 Å². The van der Waals surface area contributed by atoms with Gasteiger partial charge in [0.05, 0.1) is 6.61 Å². The monoisotopic (exact) mass is 273 g/mol. The van der Waals surface area contributed by atoms with Gasteiger partial charge in [0.15, 0.2) is 0 Å². The SMILES string of the molecule is CSC(CO)C(C)NC(=O)c1c(O)cccc1F. The zero-order valence-corrected chi connectivity index (χ0v) is 11.0. The largest absolute Gasteiger partial charge is 0.507 e. The van der Waals surface area contributed by atoms with Crippen molar-refractivity contribution in [2.75, 3.05) is 12.9 Å². The van der Waals surface area contributed by atoms with Crippen molar-refractivity contribution >= 4 is 17.7 Å². The number of aliphatic hydroxyl groups excluding tert-OH is 1. The molecule has 100 valence electrons. The molecule has 0 aliphatic heterocycles. The molecular formula is C12H16FNO3S. The third-order valence-corrected chi connectivity index (χ3v) is 3.78. The molecule has 0 fully saturated rings. The second-order valence-electron chi connectivity index (χ2n) is 3.85. The Morgan fingerprint density at radius 1 is 1.56 bits per heavy atom. The highest BCUT2D eigenvalue weighted by molar-refractivity contribution is 7.99. The highest BCUT2D eigenvalue weighted by Crippen LogP contribution is 2.20. The molecule has 0 saturated carbocycles. The maximum Gasteiger partial charge on any atom is 0.258 e. The molecule has 0 saturated heterocycles. The highest BCUT2D eigenvalue weighted by Gasteiger charge is 2.22. The Morgan fingerprint density at radius 2 is 2.22 bits per heavy atom. The summed E-state index contributed by atoms with van der Waals surface area (Å²) >= 11 is 1.40. The van der Waals surface area contributed by atoms with Gasteiger partial charge >= 0.3 is 0 Å². The van der Waals surface area contributed by atoms with Crippen molar-refractivity contribution in [2.45, 2.75) is 18.2 Å². The summed E-state index contributed by atoms with van der Waals surface area (Å²) in [6.07, 6.45) is 1.81. The van der Waals surface area contributed by atoms with E-state index in [0.717, 1.165) is 6.07 Å². The van der Waals surface area contributed by atoms with Gasteiger partial charge in [0.2, 0.25) is 0 Å². The van der Waals surface area contributed by atoms with E-state index in [9.17, 15) is 14.3 Å². The van der Waals surface area contributed by atoms with Crippen molar-refractivity contribution in [3.8, 4) is 5.75 Å². The minimum Gasteiger partial charge on any atom is -0.507 e. The molecule has 0 aromatic heterocycles. The lowest BCUT2D eigenvalue weighted by molar-refractivity contribution is 0.0929. The van der Waals surface area contributed by atoms with Crippen LogP contribution in [0.25, 0.3) is 0 Å². The number of aromatic hydroxyl groups is 1. The fourth-order valence-electron chi connectivity index (χ4n) is 1.55. The molecule has 6 heteroatoms. The van der Waals surface area contributed by atoms with Crippen molar-refractivity contribution in [1.29, 1.82) is 0 Å². The number of rotatable bonds is 5. The molecule has 0 radical (unpaired) electrons. The number of halogens is 1. The van der Waals surface area contributed by atoms with Crippen molar-refractivity contribution in [1.82, 2.24) is 5.32 Å². The summed E-state index contributed by atoms with van der Waals surface area (Å²) in [5.74, 6) is -1.86. The number of hydrogen-bond donors (Lipinski definition) is 3. The molecule has 1 aromatic carbocycles. The van der Waals surface area contributed by atoms with Gasteiger partial charge in [-0.1, -0.05) is 6.07 Å². The summed E-state index contributed by atoms with van der Waals surface area (Å²) in [5.41, 5.74) is -0.373. The standard InChI is InChI=1S/C12H16FNO3S/c1-7(10(6-15)18-2)14-12(17)11-8(13)4-3-5-9(11)16/h3-5,7,10,15-16H,6H2,1-2H3,(H,14,17). The fourth-order valence-corrected chi connectivity index (χ4v) is 2.17. The summed E-state index contributed by atoms with van der Waals surface area (Å²) in [7, 11) is 0. The molecule has 1 amide bonds. The third kappa shape index (κ3) is 3.36. The predicted octanol–water partition coefficient (Wildman–Crippen LogP) is 1.37. The van der Waals surface area contributed by atoms with E-state index in [1.807, 2.05) is 6.26 Å². The van der Waals surface area contributed by atoms with Crippen LogP contribution in [0.3, 0.4) is 0 Å². The molecule has 2 unspecified atom stereocenters. The van der Waals surface area contributed by atoms with Gasteiger partial charge in [0, 0.05) is 11.3 Å².